The van der Waals surface area contributed by atoms with Crippen molar-refractivity contribution in [1.29, 1.82) is 0 Å². The maximum Gasteiger partial charge on any atom is 0.129 e. The van der Waals surface area contributed by atoms with Gasteiger partial charge in [0.25, 0.3) is 0 Å². The van der Waals surface area contributed by atoms with Gasteiger partial charge in [0.1, 0.15) is 6.26 Å². The van der Waals surface area contributed by atoms with Gasteiger partial charge in [-0.3, -0.25) is 0 Å². The van der Waals surface area contributed by atoms with Gasteiger partial charge in [-0.1, -0.05) is 21.1 Å². The minimum absolute atomic E-state index is 0.759. The van der Waals surface area contributed by atoms with Crippen molar-refractivity contribution in [3.05, 3.63) is 35.7 Å². The van der Waals surface area contributed by atoms with Crippen LogP contribution < -0.4 is 0 Å². The monoisotopic (exact) mass is 255 g/mol. The Morgan fingerprint density at radius 2 is 2.43 bits per heavy atom. The van der Waals surface area contributed by atoms with Crippen LogP contribution in [-0.2, 0) is 11.9 Å². The van der Waals surface area contributed by atoms with E-state index in [9.17, 15) is 0 Å². The van der Waals surface area contributed by atoms with Crippen LogP contribution in [0.3, 0.4) is 0 Å². The molecule has 14 heavy (non-hydrogen) atoms. The molecule has 0 saturated carbocycles. The number of imidazole rings is 1. The van der Waals surface area contributed by atoms with E-state index in [0.29, 0.717) is 0 Å². The molecule has 0 amide bonds. The summed E-state index contributed by atoms with van der Waals surface area (Å²) in [5.74, 6) is 0. The Kier molecular flexibility index (Phi) is 2.67. The van der Waals surface area contributed by atoms with Crippen molar-refractivity contribution in [3.63, 3.8) is 0 Å². The molecule has 0 fully saturated rings. The Balaban J connectivity index is 2.15. The molecule has 0 N–H and O–H groups in total. The fraction of sp³-hybridized carbons (Fsp3) is 0.333. The van der Waals surface area contributed by atoms with Gasteiger partial charge in [-0.25, -0.2) is 4.98 Å². The van der Waals surface area contributed by atoms with Crippen molar-refractivity contribution >= 4 is 15.9 Å². The highest BCUT2D eigenvalue weighted by Gasteiger charge is 2.04. The normalized spacial score (nSPS) is 10.7. The molecule has 0 atom stereocenters. The summed E-state index contributed by atoms with van der Waals surface area (Å²) < 4.78 is 6.87. The zero-order chi connectivity index (χ0) is 9.97. The zero-order valence-corrected chi connectivity index (χ0v) is 9.36. The molecule has 0 spiro atoms. The van der Waals surface area contributed by atoms with Gasteiger partial charge >= 0.3 is 0 Å². The molecule has 0 bridgehead atoms. The van der Waals surface area contributed by atoms with Crippen LogP contribution in [0.2, 0.25) is 0 Å². The number of aromatic nitrogens is 3. The second-order valence-corrected chi connectivity index (χ2v) is 3.66. The summed E-state index contributed by atoms with van der Waals surface area (Å²) in [5.41, 5.74) is 3.04. The minimum Gasteiger partial charge on any atom is -0.364 e. The van der Waals surface area contributed by atoms with Crippen LogP contribution in [0, 0.1) is 6.92 Å². The van der Waals surface area contributed by atoms with Crippen molar-refractivity contribution in [2.24, 2.45) is 0 Å². The summed E-state index contributed by atoms with van der Waals surface area (Å²) in [6.07, 6.45) is 5.48. The summed E-state index contributed by atoms with van der Waals surface area (Å²) in [6.45, 7) is 2.69. The van der Waals surface area contributed by atoms with Crippen LogP contribution in [0.1, 0.15) is 17.0 Å². The smallest absolute Gasteiger partial charge is 0.129 e. The SMILES string of the molecule is Cc1nocc1Cn1cnc(CBr)c1. The summed E-state index contributed by atoms with van der Waals surface area (Å²) in [5, 5.41) is 4.60. The zero-order valence-electron chi connectivity index (χ0n) is 7.77. The first-order chi connectivity index (χ1) is 6.79. The first-order valence-corrected chi connectivity index (χ1v) is 5.38. The van der Waals surface area contributed by atoms with Crippen molar-refractivity contribution in [2.45, 2.75) is 18.8 Å². The van der Waals surface area contributed by atoms with E-state index in [4.69, 9.17) is 4.52 Å². The lowest BCUT2D eigenvalue weighted by atomic mass is 10.3. The summed E-state index contributed by atoms with van der Waals surface area (Å²) in [4.78, 5) is 4.21. The lowest BCUT2D eigenvalue weighted by molar-refractivity contribution is 0.414. The van der Waals surface area contributed by atoms with Crippen LogP contribution in [0.15, 0.2) is 23.3 Å². The third kappa shape index (κ3) is 1.87. The number of alkyl halides is 1. The highest BCUT2D eigenvalue weighted by Crippen LogP contribution is 2.09. The molecule has 0 aliphatic rings. The van der Waals surface area contributed by atoms with Gasteiger partial charge in [0, 0.05) is 17.1 Å². The molecule has 0 aliphatic heterocycles. The third-order valence-electron chi connectivity index (χ3n) is 2.03. The largest absolute Gasteiger partial charge is 0.364 e. The van der Waals surface area contributed by atoms with Crippen LogP contribution in [0.25, 0.3) is 0 Å². The lowest BCUT2D eigenvalue weighted by Gasteiger charge is -1.97. The van der Waals surface area contributed by atoms with Gasteiger partial charge in [-0.15, -0.1) is 0 Å². The fourth-order valence-corrected chi connectivity index (χ4v) is 1.51. The molecule has 0 saturated heterocycles. The van der Waals surface area contributed by atoms with Crippen LogP contribution in [0.5, 0.6) is 0 Å². The van der Waals surface area contributed by atoms with Gasteiger partial charge in [0.2, 0.25) is 0 Å². The quantitative estimate of drug-likeness (QED) is 0.790. The minimum atomic E-state index is 0.759. The predicted octanol–water partition coefficient (Wildman–Crippen LogP) is 2.12. The number of halogens is 1. The average molecular weight is 256 g/mol. The van der Waals surface area contributed by atoms with Gasteiger partial charge < -0.3 is 9.09 Å². The highest BCUT2D eigenvalue weighted by atomic mass is 79.9. The molecule has 2 aromatic rings. The highest BCUT2D eigenvalue weighted by molar-refractivity contribution is 9.08. The van der Waals surface area contributed by atoms with E-state index in [1.165, 1.54) is 0 Å². The van der Waals surface area contributed by atoms with Gasteiger partial charge in [-0.05, 0) is 6.92 Å². The summed E-state index contributed by atoms with van der Waals surface area (Å²) in [6, 6.07) is 0. The van der Waals surface area contributed by atoms with Crippen LogP contribution in [-0.4, -0.2) is 14.7 Å². The predicted molar refractivity (Wildman–Crippen MR) is 55.2 cm³/mol. The maximum atomic E-state index is 4.86. The number of rotatable bonds is 3. The standard InChI is InChI=1S/C9H10BrN3O/c1-7-8(5-14-12-7)3-13-4-9(2-10)11-6-13/h4-6H,2-3H2,1H3. The molecule has 5 heteroatoms. The Bertz CT molecular complexity index is 421. The molecule has 2 heterocycles. The Hall–Kier alpha value is -1.10. The topological polar surface area (TPSA) is 43.9 Å². The van der Waals surface area contributed by atoms with Gasteiger partial charge in [0.15, 0.2) is 0 Å². The second kappa shape index (κ2) is 3.96. The number of aryl methyl sites for hydroxylation is 1. The van der Waals surface area contributed by atoms with Crippen molar-refractivity contribution < 1.29 is 4.52 Å². The lowest BCUT2D eigenvalue weighted by Crippen LogP contribution is -1.96. The number of nitrogens with zero attached hydrogens (tertiary/aromatic N) is 3. The summed E-state index contributed by atoms with van der Waals surface area (Å²) in [7, 11) is 0. The molecule has 4 nitrogen and oxygen atoms in total. The van der Waals surface area contributed by atoms with Gasteiger partial charge in [0.05, 0.1) is 24.3 Å². The Labute approximate surface area is 90.1 Å². The van der Waals surface area contributed by atoms with Crippen LogP contribution >= 0.6 is 15.9 Å². The number of hydrogen-bond acceptors (Lipinski definition) is 3. The van der Waals surface area contributed by atoms with E-state index in [1.807, 2.05) is 24.0 Å². The maximum absolute atomic E-state index is 4.86. The van der Waals surface area contributed by atoms with Crippen molar-refractivity contribution in [3.8, 4) is 0 Å². The molecule has 0 unspecified atom stereocenters. The van der Waals surface area contributed by atoms with E-state index in [1.54, 1.807) is 6.26 Å². The molecule has 0 aromatic carbocycles. The van der Waals surface area contributed by atoms with Crippen LogP contribution in [0.4, 0.5) is 0 Å². The van der Waals surface area contributed by atoms with Gasteiger partial charge in [-0.2, -0.15) is 0 Å². The van der Waals surface area contributed by atoms with E-state index in [0.717, 1.165) is 28.8 Å². The van der Waals surface area contributed by atoms with E-state index >= 15 is 0 Å². The fourth-order valence-electron chi connectivity index (χ4n) is 1.22. The summed E-state index contributed by atoms with van der Waals surface area (Å²) >= 11 is 3.36. The molecular weight excluding hydrogens is 246 g/mol. The molecule has 2 aromatic heterocycles. The van der Waals surface area contributed by atoms with E-state index in [2.05, 4.69) is 26.1 Å². The first-order valence-electron chi connectivity index (χ1n) is 4.26. The molecule has 0 aliphatic carbocycles. The van der Waals surface area contributed by atoms with Crippen molar-refractivity contribution in [1.82, 2.24) is 14.7 Å². The molecule has 2 rings (SSSR count). The first kappa shape index (κ1) is 9.45. The Morgan fingerprint density at radius 1 is 1.57 bits per heavy atom. The van der Waals surface area contributed by atoms with Crippen molar-refractivity contribution in [2.75, 3.05) is 0 Å². The molecule has 0 radical (unpaired) electrons. The van der Waals surface area contributed by atoms with E-state index in [-0.39, 0.29) is 0 Å². The number of hydrogen-bond donors (Lipinski definition) is 0. The Morgan fingerprint density at radius 3 is 3.00 bits per heavy atom. The second-order valence-electron chi connectivity index (χ2n) is 3.10. The average Bonchev–Trinajstić information content (AvgIpc) is 2.77. The molecule has 74 valence electrons. The third-order valence-corrected chi connectivity index (χ3v) is 2.60. The van der Waals surface area contributed by atoms with E-state index < -0.39 is 0 Å². The molecular formula is C9H10BrN3O.